The van der Waals surface area contributed by atoms with E-state index in [-0.39, 0.29) is 30.1 Å². The van der Waals surface area contributed by atoms with Gasteiger partial charge in [-0.15, -0.1) is 0 Å². The van der Waals surface area contributed by atoms with E-state index in [1.165, 1.54) is 0 Å². The van der Waals surface area contributed by atoms with Crippen molar-refractivity contribution in [3.63, 3.8) is 0 Å². The molecule has 9 nitrogen and oxygen atoms in total. The van der Waals surface area contributed by atoms with Gasteiger partial charge in [0.2, 0.25) is 11.8 Å². The first kappa shape index (κ1) is 28.5. The quantitative estimate of drug-likeness (QED) is 0.391. The molecule has 2 aliphatic heterocycles. The average Bonchev–Trinajstić information content (AvgIpc) is 3.14. The minimum Gasteiger partial charge on any atom is -0.494 e. The van der Waals surface area contributed by atoms with E-state index in [1.54, 1.807) is 29.2 Å². The van der Waals surface area contributed by atoms with Gasteiger partial charge in [0.1, 0.15) is 11.8 Å². The third kappa shape index (κ3) is 7.54. The molecule has 0 spiro atoms. The number of rotatable bonds is 12. The summed E-state index contributed by atoms with van der Waals surface area (Å²) < 4.78 is 5.46. The number of nitrogens with zero attached hydrogens (tertiary/aromatic N) is 3. The second-order valence-corrected chi connectivity index (χ2v) is 10.3. The molecule has 39 heavy (non-hydrogen) atoms. The largest absolute Gasteiger partial charge is 0.494 e. The van der Waals surface area contributed by atoms with Gasteiger partial charge in [-0.05, 0) is 87.9 Å². The molecule has 2 fully saturated rings. The molecule has 10 heteroatoms. The number of thiocarbonyl (C=S) groups is 1. The number of ether oxygens (including phenoxy) is 1. The third-order valence-electron chi connectivity index (χ3n) is 7.28. The molecule has 1 unspecified atom stereocenters. The molecule has 0 aliphatic carbocycles. The van der Waals surface area contributed by atoms with Crippen molar-refractivity contribution >= 4 is 40.7 Å². The van der Waals surface area contributed by atoms with Crippen LogP contribution < -0.4 is 15.8 Å². The zero-order valence-electron chi connectivity index (χ0n) is 22.4. The van der Waals surface area contributed by atoms with Gasteiger partial charge in [-0.3, -0.25) is 19.3 Å². The number of benzene rings is 2. The van der Waals surface area contributed by atoms with Crippen LogP contribution in [0.15, 0.2) is 54.6 Å². The van der Waals surface area contributed by atoms with E-state index in [0.717, 1.165) is 50.2 Å². The van der Waals surface area contributed by atoms with Crippen LogP contribution >= 0.6 is 12.2 Å². The van der Waals surface area contributed by atoms with Crippen molar-refractivity contribution in [1.82, 2.24) is 14.7 Å². The van der Waals surface area contributed by atoms with Gasteiger partial charge in [-0.25, -0.2) is 0 Å². The van der Waals surface area contributed by atoms with Crippen molar-refractivity contribution in [2.24, 2.45) is 11.7 Å². The first-order valence-corrected chi connectivity index (χ1v) is 14.0. The molecule has 2 heterocycles. The third-order valence-corrected chi connectivity index (χ3v) is 7.73. The molecule has 208 valence electrons. The Labute approximate surface area is 235 Å². The van der Waals surface area contributed by atoms with Gasteiger partial charge in [0.05, 0.1) is 19.6 Å². The van der Waals surface area contributed by atoms with Crippen LogP contribution in [-0.2, 0) is 20.9 Å². The number of hydrogen-bond donors (Lipinski definition) is 2. The number of nitrogens with two attached hydrogens (primary N) is 1. The predicted octanol–water partition coefficient (Wildman–Crippen LogP) is 3.00. The van der Waals surface area contributed by atoms with Crippen molar-refractivity contribution < 1.29 is 19.1 Å². The zero-order chi connectivity index (χ0) is 27.8. The SMILES string of the molecule is CCOc1ccc(NC(=O)CC2C(=O)N(Cc3ccccc3)C(=S)N2CCCN2CCC(C(N)=O)CC2)cc1. The summed E-state index contributed by atoms with van der Waals surface area (Å²) in [6.07, 6.45) is 2.33. The van der Waals surface area contributed by atoms with Gasteiger partial charge in [0, 0.05) is 18.2 Å². The number of hydrogen-bond acceptors (Lipinski definition) is 6. The number of piperidine rings is 1. The average molecular weight is 552 g/mol. The summed E-state index contributed by atoms with van der Waals surface area (Å²) in [4.78, 5) is 43.9. The minimum absolute atomic E-state index is 0.00147. The number of carbonyl (C=O) groups is 3. The zero-order valence-corrected chi connectivity index (χ0v) is 23.2. The second-order valence-electron chi connectivity index (χ2n) is 9.98. The first-order valence-electron chi connectivity index (χ1n) is 13.6. The lowest BCUT2D eigenvalue weighted by Crippen LogP contribution is -2.41. The van der Waals surface area contributed by atoms with Crippen LogP contribution in [0.25, 0.3) is 0 Å². The molecule has 0 saturated carbocycles. The van der Waals surface area contributed by atoms with Crippen LogP contribution in [0.1, 0.15) is 38.2 Å². The van der Waals surface area contributed by atoms with Crippen LogP contribution in [0.4, 0.5) is 5.69 Å². The van der Waals surface area contributed by atoms with E-state index in [0.29, 0.717) is 30.5 Å². The van der Waals surface area contributed by atoms with E-state index in [2.05, 4.69) is 10.2 Å². The second kappa shape index (κ2) is 13.5. The number of likely N-dealkylation sites (tertiary alicyclic amines) is 1. The van der Waals surface area contributed by atoms with Gasteiger partial charge in [-0.1, -0.05) is 30.3 Å². The van der Waals surface area contributed by atoms with Crippen molar-refractivity contribution in [3.05, 3.63) is 60.2 Å². The summed E-state index contributed by atoms with van der Waals surface area (Å²) in [5.74, 6) is 0.0528. The van der Waals surface area contributed by atoms with Crippen molar-refractivity contribution in [2.75, 3.05) is 38.1 Å². The van der Waals surface area contributed by atoms with Crippen molar-refractivity contribution in [3.8, 4) is 5.75 Å². The lowest BCUT2D eigenvalue weighted by Gasteiger charge is -2.31. The van der Waals surface area contributed by atoms with Crippen molar-refractivity contribution in [2.45, 2.75) is 45.2 Å². The van der Waals surface area contributed by atoms with Crippen LogP contribution in [0.3, 0.4) is 0 Å². The highest BCUT2D eigenvalue weighted by atomic mass is 32.1. The highest BCUT2D eigenvalue weighted by molar-refractivity contribution is 7.80. The minimum atomic E-state index is -0.662. The Hall–Kier alpha value is -3.50. The fraction of sp³-hybridized carbons (Fsp3) is 0.448. The maximum Gasteiger partial charge on any atom is 0.252 e. The molecule has 0 aromatic heterocycles. The monoisotopic (exact) mass is 551 g/mol. The molecular weight excluding hydrogens is 514 g/mol. The summed E-state index contributed by atoms with van der Waals surface area (Å²) in [6, 6.07) is 16.2. The lowest BCUT2D eigenvalue weighted by atomic mass is 9.96. The van der Waals surface area contributed by atoms with E-state index < -0.39 is 6.04 Å². The summed E-state index contributed by atoms with van der Waals surface area (Å²) >= 11 is 5.77. The van der Waals surface area contributed by atoms with Gasteiger partial charge in [0.15, 0.2) is 5.11 Å². The molecule has 0 bridgehead atoms. The fourth-order valence-electron chi connectivity index (χ4n) is 5.15. The van der Waals surface area contributed by atoms with Crippen LogP contribution in [0.2, 0.25) is 0 Å². The molecule has 2 aromatic rings. The molecule has 1 atom stereocenters. The Kier molecular flexibility index (Phi) is 9.89. The van der Waals surface area contributed by atoms with Crippen molar-refractivity contribution in [1.29, 1.82) is 0 Å². The molecular formula is C29H37N5O4S. The van der Waals surface area contributed by atoms with E-state index in [4.69, 9.17) is 22.7 Å². The molecule has 3 N–H and O–H groups in total. The normalized spacial score (nSPS) is 18.4. The summed E-state index contributed by atoms with van der Waals surface area (Å²) in [7, 11) is 0. The predicted molar refractivity (Wildman–Crippen MR) is 154 cm³/mol. The van der Waals surface area contributed by atoms with Crippen LogP contribution in [-0.4, -0.2) is 76.4 Å². The first-order chi connectivity index (χ1) is 18.9. The summed E-state index contributed by atoms with van der Waals surface area (Å²) in [5, 5.41) is 3.35. The Morgan fingerprint density at radius 3 is 2.38 bits per heavy atom. The van der Waals surface area contributed by atoms with Crippen LogP contribution in [0.5, 0.6) is 5.75 Å². The number of amides is 3. The number of primary amides is 1. The number of anilines is 1. The maximum absolute atomic E-state index is 13.5. The highest BCUT2D eigenvalue weighted by Gasteiger charge is 2.43. The standard InChI is InChI=1S/C29H37N5O4S/c1-2-38-24-11-9-23(10-12-24)31-26(35)19-25-28(37)34(20-21-7-4-3-5-8-21)29(39)33(25)16-6-15-32-17-13-22(14-18-32)27(30)36/h3-5,7-12,22,25H,2,6,13-20H2,1H3,(H2,30,36)(H,31,35). The summed E-state index contributed by atoms with van der Waals surface area (Å²) in [6.45, 7) is 5.88. The van der Waals surface area contributed by atoms with Gasteiger partial charge >= 0.3 is 0 Å². The van der Waals surface area contributed by atoms with Gasteiger partial charge in [0.25, 0.3) is 5.91 Å². The van der Waals surface area contributed by atoms with E-state index in [1.807, 2.05) is 42.2 Å². The maximum atomic E-state index is 13.5. The molecule has 2 aliphatic rings. The Balaban J connectivity index is 1.39. The Morgan fingerprint density at radius 1 is 1.05 bits per heavy atom. The van der Waals surface area contributed by atoms with E-state index >= 15 is 0 Å². The molecule has 2 saturated heterocycles. The Bertz CT molecular complexity index is 1150. The van der Waals surface area contributed by atoms with Gasteiger partial charge < -0.3 is 25.6 Å². The fourth-order valence-corrected chi connectivity index (χ4v) is 5.52. The summed E-state index contributed by atoms with van der Waals surface area (Å²) in [5.41, 5.74) is 7.08. The molecule has 4 rings (SSSR count). The van der Waals surface area contributed by atoms with Crippen LogP contribution in [0, 0.1) is 5.92 Å². The number of nitrogens with one attached hydrogen (secondary N) is 1. The number of carbonyl (C=O) groups excluding carboxylic acids is 3. The van der Waals surface area contributed by atoms with Gasteiger partial charge in [-0.2, -0.15) is 0 Å². The molecule has 3 amide bonds. The van der Waals surface area contributed by atoms with E-state index in [9.17, 15) is 14.4 Å². The highest BCUT2D eigenvalue weighted by Crippen LogP contribution is 2.25. The molecule has 0 radical (unpaired) electrons. The Morgan fingerprint density at radius 2 is 1.74 bits per heavy atom. The smallest absolute Gasteiger partial charge is 0.252 e. The lowest BCUT2D eigenvalue weighted by molar-refractivity contribution is -0.131. The molecule has 2 aromatic carbocycles. The topological polar surface area (TPSA) is 108 Å².